The van der Waals surface area contributed by atoms with Crippen LogP contribution < -0.4 is 9.04 Å². The first kappa shape index (κ1) is 18.9. The van der Waals surface area contributed by atoms with Gasteiger partial charge in [-0.2, -0.15) is 12.7 Å². The Labute approximate surface area is 144 Å². The molecule has 11 heteroatoms. The molecule has 1 aliphatic heterocycles. The minimum absolute atomic E-state index is 0.000864. The predicted octanol–water partition coefficient (Wildman–Crippen LogP) is 1.22. The highest BCUT2D eigenvalue weighted by Crippen LogP contribution is 2.33. The van der Waals surface area contributed by atoms with Crippen molar-refractivity contribution >= 4 is 27.6 Å². The van der Waals surface area contributed by atoms with Gasteiger partial charge in [0.05, 0.1) is 17.7 Å². The lowest BCUT2D eigenvalue weighted by Gasteiger charge is -2.35. The topological polar surface area (TPSA) is 130 Å². The lowest BCUT2D eigenvalue weighted by Crippen LogP contribution is -2.52. The Morgan fingerprint density at radius 2 is 2.12 bits per heavy atom. The van der Waals surface area contributed by atoms with E-state index in [4.69, 9.17) is 4.74 Å². The third kappa shape index (κ3) is 3.66. The first-order valence-corrected chi connectivity index (χ1v) is 8.90. The normalized spacial score (nSPS) is 18.6. The van der Waals surface area contributed by atoms with Crippen molar-refractivity contribution in [2.24, 2.45) is 0 Å². The number of anilines is 1. The van der Waals surface area contributed by atoms with Crippen molar-refractivity contribution in [1.29, 1.82) is 0 Å². The summed E-state index contributed by atoms with van der Waals surface area (Å²) in [6, 6.07) is 2.60. The van der Waals surface area contributed by atoms with Gasteiger partial charge in [0.15, 0.2) is 5.75 Å². The van der Waals surface area contributed by atoms with Crippen molar-refractivity contribution in [3.63, 3.8) is 0 Å². The van der Waals surface area contributed by atoms with Crippen LogP contribution in [0.5, 0.6) is 5.75 Å². The molecule has 0 aromatic heterocycles. The molecule has 1 heterocycles. The number of hydrogen-bond acceptors (Lipinski definition) is 6. The largest absolute Gasteiger partial charge is 0.490 e. The molecule has 0 aliphatic carbocycles. The highest BCUT2D eigenvalue weighted by molar-refractivity contribution is 7.90. The van der Waals surface area contributed by atoms with Gasteiger partial charge in [-0.15, -0.1) is 0 Å². The van der Waals surface area contributed by atoms with E-state index in [1.807, 2.05) is 0 Å². The quantitative estimate of drug-likeness (QED) is 0.586. The van der Waals surface area contributed by atoms with Crippen LogP contribution in [-0.4, -0.2) is 55.5 Å². The van der Waals surface area contributed by atoms with Crippen LogP contribution in [0, 0.1) is 10.1 Å². The minimum Gasteiger partial charge on any atom is -0.490 e. The van der Waals surface area contributed by atoms with Gasteiger partial charge in [-0.3, -0.25) is 19.2 Å². The first-order valence-electron chi connectivity index (χ1n) is 7.51. The minimum atomic E-state index is -4.15. The number of carboxylic acid groups (broad SMARTS) is 1. The van der Waals surface area contributed by atoms with E-state index in [9.17, 15) is 28.4 Å². The van der Waals surface area contributed by atoms with Gasteiger partial charge in [0, 0.05) is 19.7 Å². The summed E-state index contributed by atoms with van der Waals surface area (Å²) in [5.74, 6) is -1.21. The summed E-state index contributed by atoms with van der Waals surface area (Å²) < 4.78 is 32.3. The smallest absolute Gasteiger partial charge is 0.322 e. The average molecular weight is 373 g/mol. The number of carbonyl (C=O) groups is 1. The van der Waals surface area contributed by atoms with Gasteiger partial charge >= 0.3 is 21.9 Å². The van der Waals surface area contributed by atoms with E-state index in [2.05, 4.69) is 0 Å². The zero-order chi connectivity index (χ0) is 18.8. The van der Waals surface area contributed by atoms with E-state index in [0.29, 0.717) is 12.8 Å². The van der Waals surface area contributed by atoms with E-state index < -0.39 is 27.1 Å². The Hall–Kier alpha value is -2.40. The number of aliphatic carboxylic acids is 1. The molecular weight excluding hydrogens is 354 g/mol. The number of hydrogen-bond donors (Lipinski definition) is 1. The van der Waals surface area contributed by atoms with Gasteiger partial charge in [0.2, 0.25) is 0 Å². The molecular formula is C14H19N3O7S. The highest BCUT2D eigenvalue weighted by Gasteiger charge is 2.39. The number of ether oxygens (including phenoxy) is 1. The Morgan fingerprint density at radius 1 is 1.44 bits per heavy atom. The van der Waals surface area contributed by atoms with Gasteiger partial charge in [0.25, 0.3) is 0 Å². The second kappa shape index (κ2) is 7.23. The third-order valence-electron chi connectivity index (χ3n) is 4.10. The Balaban J connectivity index is 2.41. The van der Waals surface area contributed by atoms with Gasteiger partial charge in [-0.25, -0.2) is 0 Å². The monoisotopic (exact) mass is 373 g/mol. The second-order valence-corrected chi connectivity index (χ2v) is 7.46. The van der Waals surface area contributed by atoms with Crippen LogP contribution in [0.2, 0.25) is 0 Å². The molecule has 0 radical (unpaired) electrons. The predicted molar refractivity (Wildman–Crippen MR) is 89.0 cm³/mol. The summed E-state index contributed by atoms with van der Waals surface area (Å²) in [7, 11) is -1.65. The van der Waals surface area contributed by atoms with Crippen molar-refractivity contribution < 1.29 is 28.0 Å². The van der Waals surface area contributed by atoms with Crippen molar-refractivity contribution in [3.8, 4) is 5.75 Å². The van der Waals surface area contributed by atoms with E-state index in [0.717, 1.165) is 14.7 Å². The lowest BCUT2D eigenvalue weighted by atomic mass is 10.1. The fourth-order valence-electron chi connectivity index (χ4n) is 2.74. The van der Waals surface area contributed by atoms with Gasteiger partial charge in [-0.1, -0.05) is 0 Å². The van der Waals surface area contributed by atoms with Gasteiger partial charge in [0.1, 0.15) is 6.04 Å². The molecule has 0 amide bonds. The highest BCUT2D eigenvalue weighted by atomic mass is 32.2. The lowest BCUT2D eigenvalue weighted by molar-refractivity contribution is -0.385. The van der Waals surface area contributed by atoms with Gasteiger partial charge in [-0.05, 0) is 31.4 Å². The molecule has 1 atom stereocenters. The molecule has 2 rings (SSSR count). The molecule has 0 spiro atoms. The van der Waals surface area contributed by atoms with Crippen molar-refractivity contribution in [3.05, 3.63) is 28.3 Å². The number of rotatable bonds is 6. The van der Waals surface area contributed by atoms with Gasteiger partial charge < -0.3 is 9.84 Å². The molecule has 0 bridgehead atoms. The van der Waals surface area contributed by atoms with Crippen molar-refractivity contribution in [2.75, 3.05) is 25.0 Å². The van der Waals surface area contributed by atoms with Crippen LogP contribution in [0.4, 0.5) is 11.4 Å². The average Bonchev–Trinajstić information content (AvgIpc) is 2.60. The fourth-order valence-corrected chi connectivity index (χ4v) is 4.31. The maximum absolute atomic E-state index is 12.8. The van der Waals surface area contributed by atoms with Crippen LogP contribution >= 0.6 is 0 Å². The first-order chi connectivity index (χ1) is 11.7. The summed E-state index contributed by atoms with van der Waals surface area (Å²) in [4.78, 5) is 21.8. The number of nitro groups is 1. The molecule has 1 fully saturated rings. The van der Waals surface area contributed by atoms with Crippen molar-refractivity contribution in [2.45, 2.75) is 25.3 Å². The standard InChI is InChI=1S/C14H19N3O7S/c1-15(10-6-7-13(24-2)12(9-10)17(20)21)25(22,23)16-8-4-3-5-11(16)14(18)19/h6-7,9,11H,3-5,8H2,1-2H3,(H,18,19). The Kier molecular flexibility index (Phi) is 5.48. The number of benzene rings is 1. The molecule has 0 saturated carbocycles. The number of nitro benzene ring substituents is 1. The summed E-state index contributed by atoms with van der Waals surface area (Å²) in [6.07, 6.45) is 1.41. The van der Waals surface area contributed by atoms with E-state index in [1.54, 1.807) is 0 Å². The van der Waals surface area contributed by atoms with Crippen LogP contribution in [-0.2, 0) is 15.0 Å². The molecule has 1 saturated heterocycles. The SMILES string of the molecule is COc1ccc(N(C)S(=O)(=O)N2CCCCC2C(=O)O)cc1[N+](=O)[O-]. The summed E-state index contributed by atoms with van der Waals surface area (Å²) >= 11 is 0. The molecule has 1 unspecified atom stereocenters. The second-order valence-electron chi connectivity index (χ2n) is 5.55. The summed E-state index contributed by atoms with van der Waals surface area (Å²) in [6.45, 7) is 0.0852. The zero-order valence-corrected chi connectivity index (χ0v) is 14.6. The number of methoxy groups -OCH3 is 1. The van der Waals surface area contributed by atoms with E-state index in [-0.39, 0.29) is 30.1 Å². The number of carboxylic acids is 1. The number of nitrogens with zero attached hydrogens (tertiary/aromatic N) is 3. The van der Waals surface area contributed by atoms with E-state index >= 15 is 0 Å². The molecule has 1 aromatic carbocycles. The summed E-state index contributed by atoms with van der Waals surface area (Å²) in [5, 5.41) is 20.4. The van der Waals surface area contributed by atoms with Crippen LogP contribution in [0.3, 0.4) is 0 Å². The fraction of sp³-hybridized carbons (Fsp3) is 0.500. The Bertz CT molecular complexity index is 781. The van der Waals surface area contributed by atoms with E-state index in [1.165, 1.54) is 26.3 Å². The molecule has 138 valence electrons. The van der Waals surface area contributed by atoms with Crippen LogP contribution in [0.15, 0.2) is 18.2 Å². The molecule has 1 aliphatic rings. The van der Waals surface area contributed by atoms with Crippen LogP contribution in [0.25, 0.3) is 0 Å². The molecule has 10 nitrogen and oxygen atoms in total. The van der Waals surface area contributed by atoms with Crippen LogP contribution in [0.1, 0.15) is 19.3 Å². The van der Waals surface area contributed by atoms with Crippen molar-refractivity contribution in [1.82, 2.24) is 4.31 Å². The maximum Gasteiger partial charge on any atom is 0.322 e. The molecule has 1 N–H and O–H groups in total. The maximum atomic E-state index is 12.8. The zero-order valence-electron chi connectivity index (χ0n) is 13.8. The summed E-state index contributed by atoms with van der Waals surface area (Å²) in [5.41, 5.74) is -0.335. The Morgan fingerprint density at radius 3 is 2.68 bits per heavy atom. The molecule has 25 heavy (non-hydrogen) atoms. The third-order valence-corrected chi connectivity index (χ3v) is 6.04. The number of piperidine rings is 1. The molecule has 1 aromatic rings.